The van der Waals surface area contributed by atoms with Crippen molar-refractivity contribution in [3.05, 3.63) is 41.5 Å². The fraction of sp³-hybridized carbons (Fsp3) is 0.609. The van der Waals surface area contributed by atoms with Gasteiger partial charge in [-0.05, 0) is 62.8 Å². The summed E-state index contributed by atoms with van der Waals surface area (Å²) in [6.07, 6.45) is 8.85. The lowest BCUT2D eigenvalue weighted by atomic mass is 10.1. The van der Waals surface area contributed by atoms with E-state index < -0.39 is 0 Å². The molecule has 3 aliphatic heterocycles. The van der Waals surface area contributed by atoms with Crippen molar-refractivity contribution in [1.82, 2.24) is 19.7 Å². The Kier molecular flexibility index (Phi) is 5.71. The number of hydrogen-bond acceptors (Lipinski definition) is 5. The normalized spacial score (nSPS) is 23.9. The minimum atomic E-state index is 0.0206. The summed E-state index contributed by atoms with van der Waals surface area (Å²) in [4.78, 5) is 15.3. The van der Waals surface area contributed by atoms with E-state index >= 15 is 0 Å². The van der Waals surface area contributed by atoms with Crippen LogP contribution in [0.3, 0.4) is 0 Å². The third-order valence-corrected chi connectivity index (χ3v) is 6.51. The number of aryl methyl sites for hydroxylation is 1. The Bertz CT molecular complexity index is 873. The average molecular weight is 411 g/mol. The van der Waals surface area contributed by atoms with E-state index in [2.05, 4.69) is 14.8 Å². The van der Waals surface area contributed by atoms with Gasteiger partial charge < -0.3 is 18.9 Å². The van der Waals surface area contributed by atoms with E-state index in [9.17, 15) is 4.79 Å². The van der Waals surface area contributed by atoms with Gasteiger partial charge in [-0.3, -0.25) is 4.79 Å². The first-order valence-electron chi connectivity index (χ1n) is 11.4. The number of aromatic nitrogens is 3. The van der Waals surface area contributed by atoms with Crippen LogP contribution in [-0.2, 0) is 17.7 Å². The van der Waals surface area contributed by atoms with Gasteiger partial charge in [0.05, 0.1) is 12.1 Å². The van der Waals surface area contributed by atoms with Gasteiger partial charge in [0.2, 0.25) is 0 Å². The molecular formula is C23H30N4O3. The molecule has 0 unspecified atom stereocenters. The Morgan fingerprint density at radius 1 is 1.03 bits per heavy atom. The number of benzene rings is 1. The maximum absolute atomic E-state index is 13.3. The molecule has 5 rings (SSSR count). The highest BCUT2D eigenvalue weighted by molar-refractivity contribution is 5.94. The van der Waals surface area contributed by atoms with Crippen molar-refractivity contribution >= 4 is 5.91 Å². The quantitative estimate of drug-likeness (QED) is 0.754. The molecule has 0 saturated carbocycles. The molecule has 160 valence electrons. The van der Waals surface area contributed by atoms with Gasteiger partial charge >= 0.3 is 0 Å². The zero-order valence-corrected chi connectivity index (χ0v) is 17.5. The van der Waals surface area contributed by atoms with E-state index in [1.807, 2.05) is 29.2 Å². The largest absolute Gasteiger partial charge is 0.491 e. The topological polar surface area (TPSA) is 69.5 Å². The molecule has 30 heavy (non-hydrogen) atoms. The number of rotatable bonds is 5. The van der Waals surface area contributed by atoms with Crippen LogP contribution in [0.2, 0.25) is 0 Å². The molecule has 2 fully saturated rings. The van der Waals surface area contributed by atoms with E-state index in [4.69, 9.17) is 9.47 Å². The van der Waals surface area contributed by atoms with Gasteiger partial charge in [0.1, 0.15) is 18.2 Å². The fourth-order valence-corrected chi connectivity index (χ4v) is 4.86. The standard InChI is InChI=1S/C23H30N4O3/c28-23(17-9-11-18(12-10-17)30-16-19-6-5-15-29-19)26-14-4-7-20(26)22-25-24-21-8-2-1-3-13-27(21)22/h9-12,19-20H,1-8,13-16H2/t19-,20-/m0/s1. The van der Waals surface area contributed by atoms with Crippen LogP contribution in [0.5, 0.6) is 5.75 Å². The maximum atomic E-state index is 13.3. The second kappa shape index (κ2) is 8.76. The molecule has 3 aliphatic rings. The van der Waals surface area contributed by atoms with Crippen LogP contribution in [0.1, 0.15) is 73.0 Å². The van der Waals surface area contributed by atoms with Crippen LogP contribution in [0.25, 0.3) is 0 Å². The molecule has 1 aromatic heterocycles. The molecule has 7 nitrogen and oxygen atoms in total. The van der Waals surface area contributed by atoms with Crippen molar-refractivity contribution in [2.45, 2.75) is 70.1 Å². The molecule has 0 aliphatic carbocycles. The summed E-state index contributed by atoms with van der Waals surface area (Å²) in [5, 5.41) is 8.95. The molecule has 0 radical (unpaired) electrons. The highest BCUT2D eigenvalue weighted by atomic mass is 16.5. The van der Waals surface area contributed by atoms with Gasteiger partial charge in [0, 0.05) is 31.7 Å². The summed E-state index contributed by atoms with van der Waals surface area (Å²) in [6.45, 7) is 3.13. The van der Waals surface area contributed by atoms with E-state index in [1.54, 1.807) is 0 Å². The summed E-state index contributed by atoms with van der Waals surface area (Å²) in [7, 11) is 0. The van der Waals surface area contributed by atoms with Gasteiger partial charge in [-0.1, -0.05) is 6.42 Å². The molecule has 2 saturated heterocycles. The van der Waals surface area contributed by atoms with Crippen molar-refractivity contribution in [3.8, 4) is 5.75 Å². The smallest absolute Gasteiger partial charge is 0.254 e. The summed E-state index contributed by atoms with van der Waals surface area (Å²) in [6, 6.07) is 7.53. The Labute approximate surface area is 177 Å². The number of nitrogens with zero attached hydrogens (tertiary/aromatic N) is 4. The predicted molar refractivity (Wildman–Crippen MR) is 111 cm³/mol. The highest BCUT2D eigenvalue weighted by Gasteiger charge is 2.34. The average Bonchev–Trinajstić information content (AvgIpc) is 3.51. The highest BCUT2D eigenvalue weighted by Crippen LogP contribution is 2.33. The number of carbonyl (C=O) groups is 1. The summed E-state index contributed by atoms with van der Waals surface area (Å²) < 4.78 is 13.7. The zero-order valence-electron chi connectivity index (χ0n) is 17.5. The predicted octanol–water partition coefficient (Wildman–Crippen LogP) is 3.54. The Morgan fingerprint density at radius 3 is 2.77 bits per heavy atom. The summed E-state index contributed by atoms with van der Waals surface area (Å²) in [5.41, 5.74) is 0.696. The van der Waals surface area contributed by atoms with Gasteiger partial charge in [-0.15, -0.1) is 10.2 Å². The van der Waals surface area contributed by atoms with Gasteiger partial charge in [0.25, 0.3) is 5.91 Å². The lowest BCUT2D eigenvalue weighted by Gasteiger charge is -2.25. The van der Waals surface area contributed by atoms with Crippen LogP contribution in [-0.4, -0.2) is 51.4 Å². The first-order chi connectivity index (χ1) is 14.8. The molecule has 2 aromatic rings. The zero-order chi connectivity index (χ0) is 20.3. The Balaban J connectivity index is 1.27. The second-order valence-electron chi connectivity index (χ2n) is 8.56. The first-order valence-corrected chi connectivity index (χ1v) is 11.4. The van der Waals surface area contributed by atoms with Crippen molar-refractivity contribution in [2.24, 2.45) is 0 Å². The third kappa shape index (κ3) is 3.95. The SMILES string of the molecule is O=C(c1ccc(OC[C@@H]2CCCO2)cc1)N1CCC[C@H]1c1nnc2n1CCCCC2. The minimum Gasteiger partial charge on any atom is -0.491 e. The van der Waals surface area contributed by atoms with Gasteiger partial charge in [-0.2, -0.15) is 0 Å². The maximum Gasteiger partial charge on any atom is 0.254 e. The Hall–Kier alpha value is -2.41. The molecule has 1 aromatic carbocycles. The number of fused-ring (bicyclic) bond motifs is 1. The molecule has 2 atom stereocenters. The molecular weight excluding hydrogens is 380 g/mol. The van der Waals surface area contributed by atoms with Crippen LogP contribution in [0, 0.1) is 0 Å². The van der Waals surface area contributed by atoms with E-state index in [1.165, 1.54) is 12.8 Å². The fourth-order valence-electron chi connectivity index (χ4n) is 4.86. The third-order valence-electron chi connectivity index (χ3n) is 6.51. The molecule has 7 heteroatoms. The second-order valence-corrected chi connectivity index (χ2v) is 8.56. The molecule has 0 bridgehead atoms. The number of ether oxygens (including phenoxy) is 2. The summed E-state index contributed by atoms with van der Waals surface area (Å²) in [5.74, 6) is 2.89. The van der Waals surface area contributed by atoms with Crippen molar-refractivity contribution in [3.63, 3.8) is 0 Å². The van der Waals surface area contributed by atoms with Crippen molar-refractivity contribution in [2.75, 3.05) is 19.8 Å². The molecule has 4 heterocycles. The number of likely N-dealkylation sites (tertiary alicyclic amines) is 1. The molecule has 0 spiro atoms. The number of carbonyl (C=O) groups excluding carboxylic acids is 1. The van der Waals surface area contributed by atoms with Crippen molar-refractivity contribution < 1.29 is 14.3 Å². The molecule has 1 amide bonds. The lowest BCUT2D eigenvalue weighted by molar-refractivity contribution is 0.0678. The minimum absolute atomic E-state index is 0.0206. The van der Waals surface area contributed by atoms with E-state index in [0.717, 1.165) is 75.6 Å². The van der Waals surface area contributed by atoms with Crippen LogP contribution < -0.4 is 4.74 Å². The number of amides is 1. The monoisotopic (exact) mass is 410 g/mol. The summed E-state index contributed by atoms with van der Waals surface area (Å²) >= 11 is 0. The van der Waals surface area contributed by atoms with Crippen LogP contribution in [0.4, 0.5) is 0 Å². The van der Waals surface area contributed by atoms with Crippen LogP contribution in [0.15, 0.2) is 24.3 Å². The van der Waals surface area contributed by atoms with Crippen LogP contribution >= 0.6 is 0 Å². The number of hydrogen-bond donors (Lipinski definition) is 0. The van der Waals surface area contributed by atoms with Crippen molar-refractivity contribution in [1.29, 1.82) is 0 Å². The lowest BCUT2D eigenvalue weighted by Crippen LogP contribution is -2.32. The Morgan fingerprint density at radius 2 is 1.93 bits per heavy atom. The van der Waals surface area contributed by atoms with Gasteiger partial charge in [0.15, 0.2) is 5.82 Å². The van der Waals surface area contributed by atoms with Gasteiger partial charge in [-0.25, -0.2) is 0 Å². The van der Waals surface area contributed by atoms with E-state index in [-0.39, 0.29) is 18.1 Å². The first kappa shape index (κ1) is 19.5. The van der Waals surface area contributed by atoms with E-state index in [0.29, 0.717) is 12.2 Å². The molecule has 0 N–H and O–H groups in total.